The summed E-state index contributed by atoms with van der Waals surface area (Å²) in [5.41, 5.74) is 8.69. The number of hydrogen-bond acceptors (Lipinski definition) is 6. The number of H-pyrrole nitrogens is 1. The maximum absolute atomic E-state index is 9.40. The van der Waals surface area contributed by atoms with E-state index in [2.05, 4.69) is 71.9 Å². The Kier molecular flexibility index (Phi) is 6.78. The average molecular weight is 551 g/mol. The van der Waals surface area contributed by atoms with E-state index in [1.54, 1.807) is 0 Å². The number of pyridine rings is 2. The third-order valence-electron chi connectivity index (χ3n) is 8.07. The number of imidazole rings is 1. The van der Waals surface area contributed by atoms with E-state index in [9.17, 15) is 5.26 Å². The van der Waals surface area contributed by atoms with E-state index in [0.29, 0.717) is 11.5 Å². The van der Waals surface area contributed by atoms with Crippen molar-refractivity contribution >= 4 is 5.65 Å². The molecule has 42 heavy (non-hydrogen) atoms. The zero-order valence-electron chi connectivity index (χ0n) is 23.4. The number of rotatable bonds is 6. The lowest BCUT2D eigenvalue weighted by molar-refractivity contribution is 0.202. The average Bonchev–Trinajstić information content (AvgIpc) is 3.68. The lowest BCUT2D eigenvalue weighted by Gasteiger charge is -2.30. The lowest BCUT2D eigenvalue weighted by atomic mass is 9.95. The highest BCUT2D eigenvalue weighted by Gasteiger charge is 2.24. The number of nitrogens with one attached hydrogen (secondary N) is 1. The van der Waals surface area contributed by atoms with Gasteiger partial charge in [-0.2, -0.15) is 5.26 Å². The summed E-state index contributed by atoms with van der Waals surface area (Å²) in [5.74, 6) is 2.07. The normalized spacial score (nSPS) is 14.3. The fourth-order valence-electron chi connectivity index (χ4n) is 5.76. The van der Waals surface area contributed by atoms with Gasteiger partial charge in [0.15, 0.2) is 5.82 Å². The summed E-state index contributed by atoms with van der Waals surface area (Å²) in [7, 11) is 0. The molecule has 1 N–H and O–H groups in total. The molecule has 2 aromatic carbocycles. The molecule has 0 aliphatic carbocycles. The quantitative estimate of drug-likeness (QED) is 0.257. The van der Waals surface area contributed by atoms with Crippen molar-refractivity contribution < 1.29 is 0 Å². The van der Waals surface area contributed by atoms with Crippen molar-refractivity contribution in [2.75, 3.05) is 13.1 Å². The number of nitriles is 1. The highest BCUT2D eigenvalue weighted by atomic mass is 15.2. The van der Waals surface area contributed by atoms with Crippen molar-refractivity contribution in [1.29, 1.82) is 5.26 Å². The second-order valence-corrected chi connectivity index (χ2v) is 11.0. The van der Waals surface area contributed by atoms with Crippen LogP contribution in [0.25, 0.3) is 39.7 Å². The van der Waals surface area contributed by atoms with Crippen LogP contribution in [0.4, 0.5) is 0 Å². The van der Waals surface area contributed by atoms with Gasteiger partial charge in [0.25, 0.3) is 0 Å². The minimum absolute atomic E-state index is 0.378. The van der Waals surface area contributed by atoms with Crippen LogP contribution >= 0.6 is 0 Å². The number of aryl methyl sites for hydroxylation is 1. The van der Waals surface area contributed by atoms with Gasteiger partial charge in [-0.05, 0) is 62.2 Å². The molecule has 0 atom stereocenters. The zero-order valence-corrected chi connectivity index (χ0v) is 23.4. The van der Waals surface area contributed by atoms with Gasteiger partial charge in [-0.15, -0.1) is 10.2 Å². The summed E-state index contributed by atoms with van der Waals surface area (Å²) in [4.78, 5) is 15.3. The molecular weight excluding hydrogens is 520 g/mol. The summed E-state index contributed by atoms with van der Waals surface area (Å²) in [6, 6.07) is 29.0. The molecule has 8 nitrogen and oxygen atoms in total. The Labute approximate surface area is 244 Å². The molecule has 1 saturated heterocycles. The summed E-state index contributed by atoms with van der Waals surface area (Å²) in [6.07, 6.45) is 5.87. The number of nitrogens with zero attached hydrogens (tertiary/aromatic N) is 7. The smallest absolute Gasteiger partial charge is 0.179 e. The largest absolute Gasteiger partial charge is 0.323 e. The topological polar surface area (TPSA) is 98.8 Å². The van der Waals surface area contributed by atoms with E-state index in [4.69, 9.17) is 4.98 Å². The number of aromatic amines is 1. The minimum Gasteiger partial charge on any atom is -0.323 e. The van der Waals surface area contributed by atoms with Crippen LogP contribution in [0.5, 0.6) is 0 Å². The molecule has 206 valence electrons. The molecule has 0 radical (unpaired) electrons. The van der Waals surface area contributed by atoms with Gasteiger partial charge >= 0.3 is 0 Å². The highest BCUT2D eigenvalue weighted by molar-refractivity contribution is 5.82. The molecule has 0 amide bonds. The number of likely N-dealkylation sites (tertiary alicyclic amines) is 1. The molecule has 7 rings (SSSR count). The van der Waals surface area contributed by atoms with Crippen LogP contribution < -0.4 is 0 Å². The molecule has 0 saturated carbocycles. The summed E-state index contributed by atoms with van der Waals surface area (Å²) >= 11 is 0. The fraction of sp³-hybridized carbons (Fsp3) is 0.206. The number of fused-ring (bicyclic) bond motifs is 1. The maximum Gasteiger partial charge on any atom is 0.179 e. The Bertz CT molecular complexity index is 1870. The number of aromatic nitrogens is 6. The molecule has 6 aromatic rings. The molecule has 0 spiro atoms. The van der Waals surface area contributed by atoms with Crippen LogP contribution in [-0.4, -0.2) is 47.5 Å². The Balaban J connectivity index is 1.05. The monoisotopic (exact) mass is 550 g/mol. The second kappa shape index (κ2) is 11.0. The van der Waals surface area contributed by atoms with Gasteiger partial charge in [0.05, 0.1) is 23.0 Å². The lowest BCUT2D eigenvalue weighted by Crippen LogP contribution is -2.32. The fourth-order valence-corrected chi connectivity index (χ4v) is 5.76. The Hall–Kier alpha value is -5.13. The molecule has 1 aliphatic heterocycles. The Morgan fingerprint density at radius 2 is 1.74 bits per heavy atom. The molecular formula is C34H30N8. The van der Waals surface area contributed by atoms with Gasteiger partial charge in [-0.1, -0.05) is 60.7 Å². The van der Waals surface area contributed by atoms with Crippen LogP contribution in [0.15, 0.2) is 91.3 Å². The predicted molar refractivity (Wildman–Crippen MR) is 162 cm³/mol. The summed E-state index contributed by atoms with van der Waals surface area (Å²) < 4.78 is 2.07. The number of piperidine rings is 1. The standard InChI is InChI=1S/C34H30N8/c1-23-7-12-29(36-21-23)34-38-33(39-40-34)28-14-16-41(17-15-28)22-24-8-10-26(11-9-24)31-32(27-5-3-2-4-6-27)42-18-13-25(20-35)19-30(42)37-31/h2-13,18-19,21,28H,14-17,22H2,1H3,(H,38,39,40). The highest BCUT2D eigenvalue weighted by Crippen LogP contribution is 2.34. The molecule has 5 heterocycles. The van der Waals surface area contributed by atoms with Crippen LogP contribution in [-0.2, 0) is 6.54 Å². The van der Waals surface area contributed by atoms with Gasteiger partial charge in [0.2, 0.25) is 0 Å². The van der Waals surface area contributed by atoms with Crippen molar-refractivity contribution in [3.63, 3.8) is 0 Å². The van der Waals surface area contributed by atoms with Gasteiger partial charge in [-0.3, -0.25) is 14.3 Å². The van der Waals surface area contributed by atoms with Crippen molar-refractivity contribution in [3.05, 3.63) is 114 Å². The number of benzene rings is 2. The first-order chi connectivity index (χ1) is 20.6. The van der Waals surface area contributed by atoms with E-state index < -0.39 is 0 Å². The maximum atomic E-state index is 9.40. The predicted octanol–water partition coefficient (Wildman–Crippen LogP) is 6.41. The van der Waals surface area contributed by atoms with Gasteiger partial charge < -0.3 is 4.98 Å². The molecule has 0 bridgehead atoms. The molecule has 0 unspecified atom stereocenters. The van der Waals surface area contributed by atoms with E-state index in [1.807, 2.05) is 61.8 Å². The third-order valence-corrected chi connectivity index (χ3v) is 8.07. The first-order valence-electron chi connectivity index (χ1n) is 14.3. The number of hydrogen-bond donors (Lipinski definition) is 1. The van der Waals surface area contributed by atoms with Gasteiger partial charge in [-0.25, -0.2) is 4.98 Å². The van der Waals surface area contributed by atoms with E-state index in [0.717, 1.165) is 83.5 Å². The molecule has 1 fully saturated rings. The van der Waals surface area contributed by atoms with Crippen molar-refractivity contribution in [2.45, 2.75) is 32.2 Å². The van der Waals surface area contributed by atoms with Crippen molar-refractivity contribution in [3.8, 4) is 40.1 Å². The molecule has 4 aromatic heterocycles. The van der Waals surface area contributed by atoms with Crippen molar-refractivity contribution in [1.82, 2.24) is 34.4 Å². The van der Waals surface area contributed by atoms with E-state index in [1.165, 1.54) is 5.56 Å². The minimum atomic E-state index is 0.378. The van der Waals surface area contributed by atoms with Gasteiger partial charge in [0, 0.05) is 36.0 Å². The van der Waals surface area contributed by atoms with Crippen LogP contribution in [0.3, 0.4) is 0 Å². The summed E-state index contributed by atoms with van der Waals surface area (Å²) in [6.45, 7) is 4.96. The van der Waals surface area contributed by atoms with E-state index in [-0.39, 0.29) is 0 Å². The van der Waals surface area contributed by atoms with Crippen LogP contribution in [0.2, 0.25) is 0 Å². The summed E-state index contributed by atoms with van der Waals surface area (Å²) in [5, 5.41) is 18.2. The third kappa shape index (κ3) is 5.06. The van der Waals surface area contributed by atoms with Crippen LogP contribution in [0.1, 0.15) is 41.3 Å². The molecule has 8 heteroatoms. The van der Waals surface area contributed by atoms with Crippen LogP contribution in [0, 0.1) is 18.3 Å². The first kappa shape index (κ1) is 25.8. The first-order valence-corrected chi connectivity index (χ1v) is 14.3. The SMILES string of the molecule is Cc1ccc(-c2nnc(C3CCN(Cc4ccc(-c5nc6cc(C#N)ccn6c5-c5ccccc5)cc4)CC3)[nH]2)nc1. The van der Waals surface area contributed by atoms with Crippen molar-refractivity contribution in [2.24, 2.45) is 0 Å². The van der Waals surface area contributed by atoms with E-state index >= 15 is 0 Å². The Morgan fingerprint density at radius 3 is 2.48 bits per heavy atom. The van der Waals surface area contributed by atoms with Gasteiger partial charge in [0.1, 0.15) is 17.2 Å². The molecule has 1 aliphatic rings. The Morgan fingerprint density at radius 1 is 0.929 bits per heavy atom. The zero-order chi connectivity index (χ0) is 28.5. The second-order valence-electron chi connectivity index (χ2n) is 11.0.